The van der Waals surface area contributed by atoms with Crippen LogP contribution in [-0.2, 0) is 35.1 Å². The lowest BCUT2D eigenvalue weighted by molar-refractivity contribution is -0.757. The molecule has 48 heavy (non-hydrogen) atoms. The second kappa shape index (κ2) is 13.4. The SMILES string of the molecule is COc1cccc2c1C(=O)c1c(O)c3c(c(O)c1C2=O)C[C@@](O)(C(=O)COC(=O)CCCO[N+](=O)[O-])C[C@@H]3OC1CC(N)C(O)C(C)O1. The molecule has 17 heteroatoms. The number of aliphatic hydroxyl groups is 2. The molecule has 6 N–H and O–H groups in total. The molecular weight excluding hydrogens is 640 g/mol. The third kappa shape index (κ3) is 6.29. The highest BCUT2D eigenvalue weighted by Gasteiger charge is 2.50. The van der Waals surface area contributed by atoms with Gasteiger partial charge in [-0.05, 0) is 19.4 Å². The van der Waals surface area contributed by atoms with Gasteiger partial charge in [-0.2, -0.15) is 0 Å². The minimum absolute atomic E-state index is 0.0536. The maximum atomic E-state index is 13.8. The molecule has 1 aliphatic heterocycles. The third-order valence-corrected chi connectivity index (χ3v) is 8.75. The number of aromatic hydroxyl groups is 2. The van der Waals surface area contributed by atoms with E-state index in [2.05, 4.69) is 4.84 Å². The van der Waals surface area contributed by atoms with Crippen molar-refractivity contribution in [3.8, 4) is 17.2 Å². The summed E-state index contributed by atoms with van der Waals surface area (Å²) in [6.45, 7) is 0.217. The summed E-state index contributed by atoms with van der Waals surface area (Å²) < 4.78 is 22.1. The zero-order valence-corrected chi connectivity index (χ0v) is 25.9. The molecule has 258 valence electrons. The lowest BCUT2D eigenvalue weighted by Crippen LogP contribution is -2.53. The van der Waals surface area contributed by atoms with E-state index in [4.69, 9.17) is 24.7 Å². The van der Waals surface area contributed by atoms with E-state index in [1.54, 1.807) is 6.92 Å². The predicted molar refractivity (Wildman–Crippen MR) is 158 cm³/mol. The Bertz CT molecular complexity index is 1660. The highest BCUT2D eigenvalue weighted by molar-refractivity contribution is 6.31. The summed E-state index contributed by atoms with van der Waals surface area (Å²) in [7, 11) is 1.30. The van der Waals surface area contributed by atoms with Crippen molar-refractivity contribution in [1.82, 2.24) is 0 Å². The molecule has 4 unspecified atom stereocenters. The smallest absolute Gasteiger partial charge is 0.306 e. The van der Waals surface area contributed by atoms with Crippen molar-refractivity contribution in [2.24, 2.45) is 5.73 Å². The number of nitrogens with two attached hydrogens (primary N) is 1. The standard InChI is InChI=1S/C31H34N2O15/c1-13-26(36)16(32)9-21(47-13)48-18-11-31(41,19(34)12-45-20(35)7-4-8-46-33(42)43)10-15-23(18)30(40)25-24(28(15)38)27(37)14-5-3-6-17(44-2)22(14)29(25)39/h3,5-6,13,16,18,21,26,36,38,40-41H,4,7-12,32H2,1-2H3/t13?,16?,18-,21?,26?,31-/m0/s1. The first kappa shape index (κ1) is 34.6. The van der Waals surface area contributed by atoms with E-state index in [0.29, 0.717) is 0 Å². The van der Waals surface area contributed by atoms with E-state index in [-0.39, 0.29) is 53.9 Å². The van der Waals surface area contributed by atoms with Gasteiger partial charge in [0.2, 0.25) is 11.6 Å². The van der Waals surface area contributed by atoms with Crippen LogP contribution in [0.2, 0.25) is 0 Å². The fourth-order valence-corrected chi connectivity index (χ4v) is 6.31. The number of carbonyl (C=O) groups excluding carboxylic acids is 4. The number of phenolic OH excluding ortho intramolecular Hbond substituents is 2. The van der Waals surface area contributed by atoms with Crippen LogP contribution in [0.3, 0.4) is 0 Å². The van der Waals surface area contributed by atoms with Crippen LogP contribution >= 0.6 is 0 Å². The van der Waals surface area contributed by atoms with E-state index >= 15 is 0 Å². The Kier molecular flexibility index (Phi) is 9.70. The van der Waals surface area contributed by atoms with Gasteiger partial charge in [-0.15, -0.1) is 10.1 Å². The molecule has 2 aliphatic carbocycles. The average molecular weight is 675 g/mol. The second-order valence-corrected chi connectivity index (χ2v) is 11.8. The Balaban J connectivity index is 1.52. The Morgan fingerprint density at radius 2 is 1.85 bits per heavy atom. The number of nitrogens with zero attached hydrogens (tertiary/aromatic N) is 1. The van der Waals surface area contributed by atoms with Gasteiger partial charge in [0, 0.05) is 48.4 Å². The first-order valence-electron chi connectivity index (χ1n) is 15.0. The van der Waals surface area contributed by atoms with Crippen molar-refractivity contribution in [2.45, 2.75) is 75.3 Å². The number of aliphatic hydroxyl groups excluding tert-OH is 1. The number of fused-ring (bicyclic) bond motifs is 3. The Labute approximate surface area is 272 Å². The van der Waals surface area contributed by atoms with Gasteiger partial charge < -0.3 is 49.9 Å². The summed E-state index contributed by atoms with van der Waals surface area (Å²) in [5.74, 6) is -5.06. The van der Waals surface area contributed by atoms with Crippen molar-refractivity contribution < 1.29 is 68.5 Å². The summed E-state index contributed by atoms with van der Waals surface area (Å²) in [5.41, 5.74) is 1.85. The predicted octanol–water partition coefficient (Wildman–Crippen LogP) is 0.541. The van der Waals surface area contributed by atoms with E-state index in [0.717, 1.165) is 0 Å². The monoisotopic (exact) mass is 674 g/mol. The van der Waals surface area contributed by atoms with E-state index in [9.17, 15) is 49.7 Å². The Hall–Kier alpha value is -4.68. The number of hydrogen-bond acceptors (Lipinski definition) is 16. The molecule has 2 aromatic rings. The molecule has 1 heterocycles. The van der Waals surface area contributed by atoms with Gasteiger partial charge in [0.25, 0.3) is 5.09 Å². The van der Waals surface area contributed by atoms with Crippen molar-refractivity contribution >= 4 is 23.3 Å². The molecule has 17 nitrogen and oxygen atoms in total. The maximum Gasteiger partial charge on any atom is 0.306 e. The van der Waals surface area contributed by atoms with Crippen molar-refractivity contribution in [3.05, 3.63) is 61.7 Å². The van der Waals surface area contributed by atoms with Gasteiger partial charge in [0.15, 0.2) is 18.7 Å². The molecule has 2 aromatic carbocycles. The van der Waals surface area contributed by atoms with E-state index in [1.807, 2.05) is 0 Å². The number of ether oxygens (including phenoxy) is 4. The molecule has 0 spiro atoms. The maximum absolute atomic E-state index is 13.8. The summed E-state index contributed by atoms with van der Waals surface area (Å²) in [6, 6.07) is 3.47. The Morgan fingerprint density at radius 3 is 2.52 bits per heavy atom. The van der Waals surface area contributed by atoms with Crippen LogP contribution in [0.25, 0.3) is 0 Å². The van der Waals surface area contributed by atoms with Gasteiger partial charge >= 0.3 is 5.97 Å². The number of esters is 1. The van der Waals surface area contributed by atoms with Crippen LogP contribution in [0.5, 0.6) is 17.2 Å². The van der Waals surface area contributed by atoms with Gasteiger partial charge in [-0.3, -0.25) is 19.2 Å². The Morgan fingerprint density at radius 1 is 1.15 bits per heavy atom. The largest absolute Gasteiger partial charge is 0.507 e. The molecule has 0 radical (unpaired) electrons. The number of methoxy groups -OCH3 is 1. The number of benzene rings is 2. The van der Waals surface area contributed by atoms with Crippen LogP contribution in [0, 0.1) is 10.1 Å². The van der Waals surface area contributed by atoms with Crippen LogP contribution in [0.4, 0.5) is 0 Å². The first-order valence-corrected chi connectivity index (χ1v) is 15.0. The topological polar surface area (TPSA) is 265 Å². The molecule has 6 atom stereocenters. The number of phenols is 2. The minimum atomic E-state index is -2.41. The van der Waals surface area contributed by atoms with Crippen LogP contribution < -0.4 is 10.5 Å². The summed E-state index contributed by atoms with van der Waals surface area (Å²) in [5, 5.41) is 54.4. The van der Waals surface area contributed by atoms with Crippen molar-refractivity contribution in [3.63, 3.8) is 0 Å². The van der Waals surface area contributed by atoms with Crippen molar-refractivity contribution in [1.29, 1.82) is 0 Å². The number of ketones is 3. The fraction of sp³-hybridized carbons (Fsp3) is 0.484. The number of hydrogen-bond donors (Lipinski definition) is 5. The van der Waals surface area contributed by atoms with Crippen LogP contribution in [0.1, 0.15) is 81.7 Å². The molecule has 0 bridgehead atoms. The summed E-state index contributed by atoms with van der Waals surface area (Å²) >= 11 is 0. The minimum Gasteiger partial charge on any atom is -0.507 e. The lowest BCUT2D eigenvalue weighted by atomic mass is 9.72. The van der Waals surface area contributed by atoms with Crippen LogP contribution in [0.15, 0.2) is 18.2 Å². The summed E-state index contributed by atoms with van der Waals surface area (Å²) in [6.07, 6.45) is -6.20. The highest BCUT2D eigenvalue weighted by atomic mass is 16.9. The van der Waals surface area contributed by atoms with Gasteiger partial charge in [0.1, 0.15) is 22.8 Å². The number of rotatable bonds is 11. The van der Waals surface area contributed by atoms with Crippen LogP contribution in [-0.4, -0.2) is 99.3 Å². The molecular formula is C31H34N2O15. The molecule has 0 saturated carbocycles. The first-order chi connectivity index (χ1) is 22.7. The zero-order chi connectivity index (χ0) is 35.1. The molecule has 5 rings (SSSR count). The average Bonchev–Trinajstić information content (AvgIpc) is 3.04. The number of Topliss-reactive ketones (excluding diaryl/α,β-unsaturated/α-hetero) is 1. The number of carbonyl (C=O) groups is 4. The molecule has 1 fully saturated rings. The van der Waals surface area contributed by atoms with Crippen molar-refractivity contribution in [2.75, 3.05) is 20.3 Å². The van der Waals surface area contributed by atoms with E-state index in [1.165, 1.54) is 25.3 Å². The van der Waals surface area contributed by atoms with Gasteiger partial charge in [0.05, 0.1) is 48.7 Å². The molecule has 0 aromatic heterocycles. The van der Waals surface area contributed by atoms with Gasteiger partial charge in [-0.25, -0.2) is 0 Å². The second-order valence-electron chi connectivity index (χ2n) is 11.8. The normalized spacial score (nSPS) is 26.1. The summed E-state index contributed by atoms with van der Waals surface area (Å²) in [4.78, 5) is 67.5. The lowest BCUT2D eigenvalue weighted by Gasteiger charge is -2.42. The highest BCUT2D eigenvalue weighted by Crippen LogP contribution is 2.52. The van der Waals surface area contributed by atoms with E-state index < -0.39 is 107 Å². The van der Waals surface area contributed by atoms with Gasteiger partial charge in [-0.1, -0.05) is 12.1 Å². The molecule has 0 amide bonds. The third-order valence-electron chi connectivity index (χ3n) is 8.75. The molecule has 3 aliphatic rings. The molecule has 1 saturated heterocycles. The fourth-order valence-electron chi connectivity index (χ4n) is 6.31. The quantitative estimate of drug-likeness (QED) is 0.0611. The zero-order valence-electron chi connectivity index (χ0n) is 25.9.